The molecule has 0 aromatic heterocycles. The van der Waals surface area contributed by atoms with E-state index < -0.39 is 10.0 Å². The molecular formula is C14H23N3O2S. The molecule has 1 saturated carbocycles. The van der Waals surface area contributed by atoms with Crippen molar-refractivity contribution in [3.8, 4) is 0 Å². The number of nitrogens with two attached hydrogens (primary N) is 1. The zero-order valence-corrected chi connectivity index (χ0v) is 12.8. The van der Waals surface area contributed by atoms with Crippen LogP contribution < -0.4 is 16.0 Å². The Kier molecular flexibility index (Phi) is 4.67. The summed E-state index contributed by atoms with van der Waals surface area (Å²) in [6.45, 7) is 4.30. The summed E-state index contributed by atoms with van der Waals surface area (Å²) in [4.78, 5) is 0.202. The van der Waals surface area contributed by atoms with Crippen LogP contribution in [0.4, 0.5) is 5.69 Å². The molecule has 0 aliphatic heterocycles. The van der Waals surface area contributed by atoms with Gasteiger partial charge < -0.3 is 5.43 Å². The summed E-state index contributed by atoms with van der Waals surface area (Å²) in [6.07, 6.45) is 3.12. The van der Waals surface area contributed by atoms with Crippen LogP contribution in [-0.2, 0) is 10.0 Å². The first-order valence-corrected chi connectivity index (χ1v) is 8.52. The third-order valence-corrected chi connectivity index (χ3v) is 5.89. The molecule has 3 unspecified atom stereocenters. The molecule has 1 aromatic rings. The van der Waals surface area contributed by atoms with Crippen molar-refractivity contribution in [3.63, 3.8) is 0 Å². The highest BCUT2D eigenvalue weighted by Gasteiger charge is 2.31. The average Bonchev–Trinajstić information content (AvgIpc) is 2.43. The highest BCUT2D eigenvalue weighted by molar-refractivity contribution is 7.89. The van der Waals surface area contributed by atoms with Crippen LogP contribution in [0.15, 0.2) is 29.2 Å². The van der Waals surface area contributed by atoms with Gasteiger partial charge in [-0.3, -0.25) is 5.84 Å². The van der Waals surface area contributed by atoms with E-state index >= 15 is 0 Å². The van der Waals surface area contributed by atoms with Crippen molar-refractivity contribution in [2.45, 2.75) is 44.0 Å². The lowest BCUT2D eigenvalue weighted by Crippen LogP contribution is -2.43. The minimum absolute atomic E-state index is 0.00502. The summed E-state index contributed by atoms with van der Waals surface area (Å²) in [7, 11) is -3.55. The second-order valence-corrected chi connectivity index (χ2v) is 7.32. The van der Waals surface area contributed by atoms with E-state index in [1.54, 1.807) is 24.3 Å². The van der Waals surface area contributed by atoms with Gasteiger partial charge >= 0.3 is 0 Å². The van der Waals surface area contributed by atoms with Crippen LogP contribution in [0.25, 0.3) is 0 Å². The van der Waals surface area contributed by atoms with Gasteiger partial charge in [0, 0.05) is 6.04 Å². The maximum Gasteiger partial charge on any atom is 0.242 e. The van der Waals surface area contributed by atoms with Crippen molar-refractivity contribution in [3.05, 3.63) is 24.3 Å². The molecule has 1 aliphatic rings. The van der Waals surface area contributed by atoms with Gasteiger partial charge in [-0.05, 0) is 30.4 Å². The SMILES string of the molecule is CC1CCCC(NS(=O)(=O)c2ccccc2NN)C1C. The van der Waals surface area contributed by atoms with Gasteiger partial charge in [0.2, 0.25) is 10.0 Å². The first kappa shape index (κ1) is 15.3. The van der Waals surface area contributed by atoms with Crippen molar-refractivity contribution in [1.29, 1.82) is 0 Å². The molecule has 6 heteroatoms. The lowest BCUT2D eigenvalue weighted by Gasteiger charge is -2.34. The minimum Gasteiger partial charge on any atom is -0.323 e. The molecule has 20 heavy (non-hydrogen) atoms. The van der Waals surface area contributed by atoms with Gasteiger partial charge in [-0.15, -0.1) is 0 Å². The van der Waals surface area contributed by atoms with Crippen LogP contribution in [0, 0.1) is 11.8 Å². The Morgan fingerprint density at radius 1 is 1.20 bits per heavy atom. The number of hydrazine groups is 1. The second kappa shape index (κ2) is 6.11. The summed E-state index contributed by atoms with van der Waals surface area (Å²) < 4.78 is 27.9. The van der Waals surface area contributed by atoms with Crippen LogP contribution >= 0.6 is 0 Å². The van der Waals surface area contributed by atoms with E-state index in [0.717, 1.165) is 12.8 Å². The maximum absolute atomic E-state index is 12.5. The number of anilines is 1. The molecule has 4 N–H and O–H groups in total. The Morgan fingerprint density at radius 3 is 2.60 bits per heavy atom. The third-order valence-electron chi connectivity index (χ3n) is 4.35. The molecule has 5 nitrogen and oxygen atoms in total. The zero-order chi connectivity index (χ0) is 14.8. The molecule has 112 valence electrons. The largest absolute Gasteiger partial charge is 0.323 e. The Morgan fingerprint density at radius 2 is 1.90 bits per heavy atom. The predicted octanol–water partition coefficient (Wildman–Crippen LogP) is 2.08. The van der Waals surface area contributed by atoms with Crippen molar-refractivity contribution in [1.82, 2.24) is 4.72 Å². The Bertz CT molecular complexity index is 559. The monoisotopic (exact) mass is 297 g/mol. The van der Waals surface area contributed by atoms with Crippen molar-refractivity contribution < 1.29 is 8.42 Å². The summed E-state index contributed by atoms with van der Waals surface area (Å²) >= 11 is 0. The summed E-state index contributed by atoms with van der Waals surface area (Å²) in [5, 5.41) is 0. The van der Waals surface area contributed by atoms with Gasteiger partial charge in [0.25, 0.3) is 0 Å². The molecule has 1 aromatic carbocycles. The van der Waals surface area contributed by atoms with Gasteiger partial charge in [0.15, 0.2) is 0 Å². The van der Waals surface area contributed by atoms with Crippen LogP contribution in [-0.4, -0.2) is 14.5 Å². The molecule has 1 aliphatic carbocycles. The molecule has 0 amide bonds. The van der Waals surface area contributed by atoms with Gasteiger partial charge in [-0.2, -0.15) is 0 Å². The van der Waals surface area contributed by atoms with Gasteiger partial charge in [-0.1, -0.05) is 38.8 Å². The minimum atomic E-state index is -3.55. The average molecular weight is 297 g/mol. The Balaban J connectivity index is 2.23. The summed E-state index contributed by atoms with van der Waals surface area (Å²) in [5.74, 6) is 6.27. The van der Waals surface area contributed by atoms with E-state index in [2.05, 4.69) is 24.0 Å². The van der Waals surface area contributed by atoms with E-state index in [4.69, 9.17) is 5.84 Å². The molecule has 0 bridgehead atoms. The topological polar surface area (TPSA) is 84.2 Å². The fourth-order valence-electron chi connectivity index (χ4n) is 2.83. The first-order valence-electron chi connectivity index (χ1n) is 7.03. The van der Waals surface area contributed by atoms with E-state index in [1.165, 1.54) is 6.42 Å². The number of hydrogen-bond donors (Lipinski definition) is 3. The summed E-state index contributed by atoms with van der Waals surface area (Å²) in [6, 6.07) is 6.66. The van der Waals surface area contributed by atoms with Gasteiger partial charge in [-0.25, -0.2) is 13.1 Å². The van der Waals surface area contributed by atoms with E-state index in [9.17, 15) is 8.42 Å². The van der Waals surface area contributed by atoms with E-state index in [0.29, 0.717) is 17.5 Å². The molecule has 0 saturated heterocycles. The number of para-hydroxylation sites is 1. The van der Waals surface area contributed by atoms with Crippen LogP contribution in [0.3, 0.4) is 0 Å². The highest BCUT2D eigenvalue weighted by atomic mass is 32.2. The number of sulfonamides is 1. The Labute approximate surface area is 121 Å². The molecule has 3 atom stereocenters. The normalized spacial score (nSPS) is 27.2. The first-order chi connectivity index (χ1) is 9.45. The van der Waals surface area contributed by atoms with Crippen molar-refractivity contribution >= 4 is 15.7 Å². The number of nitrogen functional groups attached to an aromatic ring is 1. The fraction of sp³-hybridized carbons (Fsp3) is 0.571. The zero-order valence-electron chi connectivity index (χ0n) is 12.0. The number of benzene rings is 1. The van der Waals surface area contributed by atoms with Gasteiger partial charge in [0.1, 0.15) is 4.90 Å². The lowest BCUT2D eigenvalue weighted by molar-refractivity contribution is 0.227. The summed E-state index contributed by atoms with van der Waals surface area (Å²) in [5.41, 5.74) is 2.85. The third kappa shape index (κ3) is 3.13. The molecule has 0 radical (unpaired) electrons. The highest BCUT2D eigenvalue weighted by Crippen LogP contribution is 2.31. The predicted molar refractivity (Wildman–Crippen MR) is 80.5 cm³/mol. The standard InChI is InChI=1S/C14H23N3O2S/c1-10-6-5-8-12(11(10)2)17-20(18,19)14-9-4-3-7-13(14)16-15/h3-4,7,9-12,16-17H,5-6,8,15H2,1-2H3. The number of hydrogen-bond acceptors (Lipinski definition) is 4. The van der Waals surface area contributed by atoms with E-state index in [-0.39, 0.29) is 10.9 Å². The van der Waals surface area contributed by atoms with Crippen LogP contribution in [0.5, 0.6) is 0 Å². The second-order valence-electron chi connectivity index (χ2n) is 5.64. The van der Waals surface area contributed by atoms with E-state index in [1.807, 2.05) is 0 Å². The van der Waals surface area contributed by atoms with Crippen LogP contribution in [0.1, 0.15) is 33.1 Å². The number of nitrogens with one attached hydrogen (secondary N) is 2. The molecule has 2 rings (SSSR count). The van der Waals surface area contributed by atoms with Gasteiger partial charge in [0.05, 0.1) is 5.69 Å². The quantitative estimate of drug-likeness (QED) is 0.587. The molecule has 1 fully saturated rings. The van der Waals surface area contributed by atoms with Crippen molar-refractivity contribution in [2.24, 2.45) is 17.7 Å². The fourth-order valence-corrected chi connectivity index (χ4v) is 4.36. The van der Waals surface area contributed by atoms with Crippen LogP contribution in [0.2, 0.25) is 0 Å². The van der Waals surface area contributed by atoms with Crippen molar-refractivity contribution in [2.75, 3.05) is 5.43 Å². The Hall–Kier alpha value is -1.11. The number of rotatable bonds is 4. The maximum atomic E-state index is 12.5. The molecular weight excluding hydrogens is 274 g/mol. The molecule has 0 spiro atoms. The molecule has 0 heterocycles. The lowest BCUT2D eigenvalue weighted by atomic mass is 9.78. The smallest absolute Gasteiger partial charge is 0.242 e.